The summed E-state index contributed by atoms with van der Waals surface area (Å²) in [4.78, 5) is 18.6. The summed E-state index contributed by atoms with van der Waals surface area (Å²) >= 11 is 0. The second-order valence-electron chi connectivity index (χ2n) is 6.01. The Balaban J connectivity index is 1.63. The molecule has 0 saturated carbocycles. The van der Waals surface area contributed by atoms with Crippen molar-refractivity contribution in [3.05, 3.63) is 29.6 Å². The van der Waals surface area contributed by atoms with E-state index < -0.39 is 0 Å². The molecular weight excluding hydrogens is 268 g/mol. The number of nitrogens with zero attached hydrogens (tertiary/aromatic N) is 2. The molecule has 0 bridgehead atoms. The highest BCUT2D eigenvalue weighted by molar-refractivity contribution is 5.93. The molecule has 1 amide bonds. The fourth-order valence-electron chi connectivity index (χ4n) is 3.37. The molecule has 1 spiro atoms. The Labute approximate surface area is 125 Å². The predicted molar refractivity (Wildman–Crippen MR) is 78.2 cm³/mol. The van der Waals surface area contributed by atoms with E-state index in [1.807, 2.05) is 24.0 Å². The van der Waals surface area contributed by atoms with Crippen molar-refractivity contribution < 1.29 is 14.3 Å². The van der Waals surface area contributed by atoms with E-state index >= 15 is 0 Å². The van der Waals surface area contributed by atoms with Gasteiger partial charge in [-0.3, -0.25) is 4.79 Å². The average Bonchev–Trinajstić information content (AvgIpc) is 2.86. The van der Waals surface area contributed by atoms with Crippen LogP contribution in [-0.2, 0) is 9.47 Å². The first kappa shape index (κ1) is 14.5. The van der Waals surface area contributed by atoms with Crippen LogP contribution < -0.4 is 0 Å². The number of hydrogen-bond acceptors (Lipinski definition) is 4. The lowest BCUT2D eigenvalue weighted by Gasteiger charge is -2.50. The predicted octanol–water partition coefficient (Wildman–Crippen LogP) is 1.66. The van der Waals surface area contributed by atoms with Crippen LogP contribution in [-0.4, -0.2) is 54.8 Å². The van der Waals surface area contributed by atoms with Gasteiger partial charge in [-0.2, -0.15) is 0 Å². The molecule has 1 aromatic heterocycles. The van der Waals surface area contributed by atoms with Crippen molar-refractivity contribution in [1.82, 2.24) is 9.88 Å². The van der Waals surface area contributed by atoms with Crippen molar-refractivity contribution in [2.45, 2.75) is 25.4 Å². The SMILES string of the molecule is COCC[C@@H]1CCOC12CN(C(=O)c1cccc(C)n1)C2. The largest absolute Gasteiger partial charge is 0.385 e. The summed E-state index contributed by atoms with van der Waals surface area (Å²) in [5, 5.41) is 0. The molecule has 0 unspecified atom stereocenters. The van der Waals surface area contributed by atoms with E-state index in [0.717, 1.165) is 31.7 Å². The van der Waals surface area contributed by atoms with E-state index in [1.54, 1.807) is 13.2 Å². The van der Waals surface area contributed by atoms with Crippen LogP contribution in [0.15, 0.2) is 18.2 Å². The fraction of sp³-hybridized carbons (Fsp3) is 0.625. The Morgan fingerprint density at radius 1 is 1.52 bits per heavy atom. The lowest BCUT2D eigenvalue weighted by molar-refractivity contribution is -0.120. The van der Waals surface area contributed by atoms with Gasteiger partial charge in [0.15, 0.2) is 0 Å². The molecule has 2 fully saturated rings. The number of carbonyl (C=O) groups is 1. The Hall–Kier alpha value is -1.46. The van der Waals surface area contributed by atoms with Crippen molar-refractivity contribution in [1.29, 1.82) is 0 Å². The average molecular weight is 290 g/mol. The van der Waals surface area contributed by atoms with Gasteiger partial charge < -0.3 is 14.4 Å². The van der Waals surface area contributed by atoms with E-state index in [4.69, 9.17) is 9.47 Å². The number of hydrogen-bond donors (Lipinski definition) is 0. The minimum absolute atomic E-state index is 0.00492. The van der Waals surface area contributed by atoms with Crippen molar-refractivity contribution >= 4 is 5.91 Å². The van der Waals surface area contributed by atoms with Crippen LogP contribution in [0.25, 0.3) is 0 Å². The summed E-state index contributed by atoms with van der Waals surface area (Å²) in [6.07, 6.45) is 2.06. The first-order chi connectivity index (χ1) is 10.1. The van der Waals surface area contributed by atoms with Gasteiger partial charge >= 0.3 is 0 Å². The third-order valence-electron chi connectivity index (χ3n) is 4.58. The van der Waals surface area contributed by atoms with Crippen molar-refractivity contribution in [2.24, 2.45) is 5.92 Å². The minimum atomic E-state index is -0.141. The Kier molecular flexibility index (Phi) is 3.95. The number of amides is 1. The van der Waals surface area contributed by atoms with Gasteiger partial charge in [-0.05, 0) is 37.8 Å². The minimum Gasteiger partial charge on any atom is -0.385 e. The summed E-state index contributed by atoms with van der Waals surface area (Å²) in [6, 6.07) is 5.55. The summed E-state index contributed by atoms with van der Waals surface area (Å²) in [5.41, 5.74) is 1.25. The number of carbonyl (C=O) groups excluding carboxylic acids is 1. The van der Waals surface area contributed by atoms with Crippen LogP contribution in [0.5, 0.6) is 0 Å². The van der Waals surface area contributed by atoms with E-state index in [-0.39, 0.29) is 11.5 Å². The molecule has 2 saturated heterocycles. The van der Waals surface area contributed by atoms with Crippen LogP contribution in [0.1, 0.15) is 29.0 Å². The highest BCUT2D eigenvalue weighted by Crippen LogP contribution is 2.42. The molecule has 5 heteroatoms. The van der Waals surface area contributed by atoms with Gasteiger partial charge in [-0.15, -0.1) is 0 Å². The van der Waals surface area contributed by atoms with Crippen molar-refractivity contribution in [2.75, 3.05) is 33.4 Å². The highest BCUT2D eigenvalue weighted by Gasteiger charge is 2.54. The number of rotatable bonds is 4. The number of aromatic nitrogens is 1. The molecule has 3 heterocycles. The molecule has 0 aromatic carbocycles. The zero-order valence-corrected chi connectivity index (χ0v) is 12.7. The maximum atomic E-state index is 12.4. The quantitative estimate of drug-likeness (QED) is 0.846. The number of aryl methyl sites for hydroxylation is 1. The van der Waals surface area contributed by atoms with Crippen LogP contribution in [0, 0.1) is 12.8 Å². The lowest BCUT2D eigenvalue weighted by Crippen LogP contribution is -2.66. The molecular formula is C16H22N2O3. The molecule has 1 aromatic rings. The number of ether oxygens (including phenoxy) is 2. The van der Waals surface area contributed by atoms with E-state index in [0.29, 0.717) is 24.7 Å². The van der Waals surface area contributed by atoms with E-state index in [1.165, 1.54) is 0 Å². The lowest BCUT2D eigenvalue weighted by atomic mass is 9.79. The highest BCUT2D eigenvalue weighted by atomic mass is 16.5. The third kappa shape index (κ3) is 2.68. The van der Waals surface area contributed by atoms with Gasteiger partial charge in [-0.25, -0.2) is 4.98 Å². The number of likely N-dealkylation sites (tertiary alicyclic amines) is 1. The maximum absolute atomic E-state index is 12.4. The molecule has 1 atom stereocenters. The summed E-state index contributed by atoms with van der Waals surface area (Å²) in [7, 11) is 1.72. The topological polar surface area (TPSA) is 51.7 Å². The second kappa shape index (κ2) is 5.73. The van der Waals surface area contributed by atoms with Gasteiger partial charge in [0.1, 0.15) is 11.3 Å². The molecule has 21 heavy (non-hydrogen) atoms. The Morgan fingerprint density at radius 3 is 3.05 bits per heavy atom. The van der Waals surface area contributed by atoms with Crippen LogP contribution in [0.4, 0.5) is 0 Å². The second-order valence-corrected chi connectivity index (χ2v) is 6.01. The maximum Gasteiger partial charge on any atom is 0.272 e. The first-order valence-corrected chi connectivity index (χ1v) is 7.50. The Morgan fingerprint density at radius 2 is 2.33 bits per heavy atom. The molecule has 2 aliphatic heterocycles. The fourth-order valence-corrected chi connectivity index (χ4v) is 3.37. The van der Waals surface area contributed by atoms with E-state index in [9.17, 15) is 4.79 Å². The van der Waals surface area contributed by atoms with Gasteiger partial charge in [-0.1, -0.05) is 6.07 Å². The summed E-state index contributed by atoms with van der Waals surface area (Å²) < 4.78 is 11.1. The van der Waals surface area contributed by atoms with Gasteiger partial charge in [0.25, 0.3) is 5.91 Å². The molecule has 0 aliphatic carbocycles. The number of methoxy groups -OCH3 is 1. The molecule has 0 radical (unpaired) electrons. The van der Waals surface area contributed by atoms with Crippen LogP contribution >= 0.6 is 0 Å². The summed E-state index contributed by atoms with van der Waals surface area (Å²) in [5.74, 6) is 0.497. The molecule has 2 aliphatic rings. The normalized spacial score (nSPS) is 23.3. The standard InChI is InChI=1S/C16H22N2O3/c1-12-4-3-5-14(17-12)15(19)18-10-16(11-18)13(6-8-20-2)7-9-21-16/h3-5,13H,6-11H2,1-2H3/t13-/m1/s1. The van der Waals surface area contributed by atoms with Crippen molar-refractivity contribution in [3.63, 3.8) is 0 Å². The van der Waals surface area contributed by atoms with Gasteiger partial charge in [0.05, 0.1) is 13.1 Å². The molecule has 5 nitrogen and oxygen atoms in total. The van der Waals surface area contributed by atoms with Crippen LogP contribution in [0.3, 0.4) is 0 Å². The molecule has 114 valence electrons. The third-order valence-corrected chi connectivity index (χ3v) is 4.58. The summed E-state index contributed by atoms with van der Waals surface area (Å²) in [6.45, 7) is 4.79. The smallest absolute Gasteiger partial charge is 0.272 e. The van der Waals surface area contributed by atoms with Crippen LogP contribution in [0.2, 0.25) is 0 Å². The van der Waals surface area contributed by atoms with Gasteiger partial charge in [0.2, 0.25) is 0 Å². The molecule has 0 N–H and O–H groups in total. The van der Waals surface area contributed by atoms with Gasteiger partial charge in [0, 0.05) is 26.0 Å². The van der Waals surface area contributed by atoms with Crippen molar-refractivity contribution in [3.8, 4) is 0 Å². The Bertz CT molecular complexity index is 526. The monoisotopic (exact) mass is 290 g/mol. The first-order valence-electron chi connectivity index (χ1n) is 7.50. The van der Waals surface area contributed by atoms with E-state index in [2.05, 4.69) is 4.98 Å². The zero-order valence-electron chi connectivity index (χ0n) is 12.7. The zero-order chi connectivity index (χ0) is 14.9. The molecule has 3 rings (SSSR count). The number of pyridine rings is 1.